The quantitative estimate of drug-likeness (QED) is 0.908. The van der Waals surface area contributed by atoms with Gasteiger partial charge in [0.1, 0.15) is 0 Å². The van der Waals surface area contributed by atoms with Crippen LogP contribution in [0, 0.1) is 5.92 Å². The van der Waals surface area contributed by atoms with Crippen LogP contribution in [-0.4, -0.2) is 19.6 Å². The molecule has 0 bridgehead atoms. The number of anilines is 1. The molecule has 1 fully saturated rings. The second-order valence-corrected chi connectivity index (χ2v) is 6.62. The topological polar surface area (TPSA) is 29.3 Å². The third-order valence-corrected chi connectivity index (χ3v) is 5.02. The van der Waals surface area contributed by atoms with Gasteiger partial charge >= 0.3 is 0 Å². The van der Waals surface area contributed by atoms with Gasteiger partial charge < -0.3 is 10.6 Å². The maximum Gasteiger partial charge on any atom is 0.0510 e. The standard InChI is InChI=1S/C16H25BrN2/c1-12-5-3-4-6-15(12)19(2)16-8-7-13(9-10-18)11-14(16)17/h7-8,11-12,15H,3-6,9-10,18H2,1-2H3. The molecule has 0 saturated heterocycles. The average molecular weight is 325 g/mol. The molecule has 2 unspecified atom stereocenters. The molecule has 0 heterocycles. The van der Waals surface area contributed by atoms with Crippen LogP contribution in [0.25, 0.3) is 0 Å². The van der Waals surface area contributed by atoms with Gasteiger partial charge in [0.2, 0.25) is 0 Å². The Morgan fingerprint density at radius 3 is 2.68 bits per heavy atom. The van der Waals surface area contributed by atoms with Crippen molar-refractivity contribution in [1.82, 2.24) is 0 Å². The van der Waals surface area contributed by atoms with Gasteiger partial charge in [0, 0.05) is 17.6 Å². The molecular weight excluding hydrogens is 300 g/mol. The number of halogens is 1. The summed E-state index contributed by atoms with van der Waals surface area (Å²) >= 11 is 3.72. The fourth-order valence-corrected chi connectivity index (χ4v) is 3.92. The number of hydrogen-bond acceptors (Lipinski definition) is 2. The van der Waals surface area contributed by atoms with E-state index in [1.807, 2.05) is 0 Å². The predicted octanol–water partition coefficient (Wildman–Crippen LogP) is 3.97. The van der Waals surface area contributed by atoms with Crippen molar-refractivity contribution in [1.29, 1.82) is 0 Å². The highest BCUT2D eigenvalue weighted by Gasteiger charge is 2.25. The Morgan fingerprint density at radius 2 is 2.05 bits per heavy atom. The van der Waals surface area contributed by atoms with Crippen LogP contribution in [0.5, 0.6) is 0 Å². The minimum Gasteiger partial charge on any atom is -0.370 e. The number of nitrogens with two attached hydrogens (primary N) is 1. The number of rotatable bonds is 4. The Hall–Kier alpha value is -0.540. The van der Waals surface area contributed by atoms with E-state index < -0.39 is 0 Å². The summed E-state index contributed by atoms with van der Waals surface area (Å²) in [4.78, 5) is 2.46. The molecule has 0 amide bonds. The van der Waals surface area contributed by atoms with Crippen LogP contribution >= 0.6 is 15.9 Å². The van der Waals surface area contributed by atoms with E-state index in [0.29, 0.717) is 12.6 Å². The van der Waals surface area contributed by atoms with Gasteiger partial charge in [-0.15, -0.1) is 0 Å². The minimum atomic E-state index is 0.672. The monoisotopic (exact) mass is 324 g/mol. The van der Waals surface area contributed by atoms with Crippen molar-refractivity contribution >= 4 is 21.6 Å². The second-order valence-electron chi connectivity index (χ2n) is 5.76. The Morgan fingerprint density at radius 1 is 1.32 bits per heavy atom. The van der Waals surface area contributed by atoms with Crippen LogP contribution in [0.3, 0.4) is 0 Å². The van der Waals surface area contributed by atoms with Crippen LogP contribution in [0.4, 0.5) is 5.69 Å². The summed E-state index contributed by atoms with van der Waals surface area (Å²) in [6, 6.07) is 7.32. The SMILES string of the molecule is CC1CCCCC1N(C)c1ccc(CCN)cc1Br. The van der Waals surface area contributed by atoms with Gasteiger partial charge in [0.25, 0.3) is 0 Å². The molecule has 19 heavy (non-hydrogen) atoms. The molecule has 1 aliphatic rings. The summed E-state index contributed by atoms with van der Waals surface area (Å²) < 4.78 is 1.19. The lowest BCUT2D eigenvalue weighted by molar-refractivity contribution is 0.321. The van der Waals surface area contributed by atoms with E-state index in [2.05, 4.69) is 53.0 Å². The molecule has 0 radical (unpaired) electrons. The molecular formula is C16H25BrN2. The summed E-state index contributed by atoms with van der Waals surface area (Å²) in [6.45, 7) is 3.10. The molecule has 2 nitrogen and oxygen atoms in total. The smallest absolute Gasteiger partial charge is 0.0510 e. The molecule has 2 N–H and O–H groups in total. The average Bonchev–Trinajstić information content (AvgIpc) is 2.39. The lowest BCUT2D eigenvalue weighted by Gasteiger charge is -2.38. The van der Waals surface area contributed by atoms with Crippen molar-refractivity contribution in [3.05, 3.63) is 28.2 Å². The summed E-state index contributed by atoms with van der Waals surface area (Å²) in [6.07, 6.45) is 6.37. The third-order valence-electron chi connectivity index (χ3n) is 4.39. The van der Waals surface area contributed by atoms with Crippen molar-refractivity contribution in [3.8, 4) is 0 Å². The third kappa shape index (κ3) is 3.51. The van der Waals surface area contributed by atoms with Gasteiger partial charge in [-0.2, -0.15) is 0 Å². The van der Waals surface area contributed by atoms with Crippen LogP contribution in [0.2, 0.25) is 0 Å². The molecule has 2 atom stereocenters. The summed E-state index contributed by atoms with van der Waals surface area (Å²) in [5.74, 6) is 0.786. The van der Waals surface area contributed by atoms with E-state index in [-0.39, 0.29) is 0 Å². The molecule has 1 aromatic rings. The number of benzene rings is 1. The lowest BCUT2D eigenvalue weighted by atomic mass is 9.85. The normalized spacial score (nSPS) is 23.4. The van der Waals surface area contributed by atoms with E-state index in [0.717, 1.165) is 12.3 Å². The minimum absolute atomic E-state index is 0.672. The molecule has 1 aliphatic carbocycles. The fourth-order valence-electron chi connectivity index (χ4n) is 3.21. The van der Waals surface area contributed by atoms with E-state index in [1.165, 1.54) is 41.4 Å². The molecule has 1 saturated carbocycles. The Bertz CT molecular complexity index is 419. The molecule has 3 heteroatoms. The van der Waals surface area contributed by atoms with Crippen LogP contribution in [0.1, 0.15) is 38.2 Å². The van der Waals surface area contributed by atoms with E-state index >= 15 is 0 Å². The molecule has 106 valence electrons. The Labute approximate surface area is 125 Å². The molecule has 2 rings (SSSR count). The summed E-state index contributed by atoms with van der Waals surface area (Å²) in [7, 11) is 2.23. The maximum absolute atomic E-state index is 5.62. The predicted molar refractivity (Wildman–Crippen MR) is 86.7 cm³/mol. The molecule has 0 aliphatic heterocycles. The lowest BCUT2D eigenvalue weighted by Crippen LogP contribution is -2.39. The first-order valence-corrected chi connectivity index (χ1v) is 8.14. The van der Waals surface area contributed by atoms with Gasteiger partial charge in [-0.25, -0.2) is 0 Å². The van der Waals surface area contributed by atoms with Crippen LogP contribution in [-0.2, 0) is 6.42 Å². The van der Waals surface area contributed by atoms with Crippen LogP contribution < -0.4 is 10.6 Å². The second kappa shape index (κ2) is 6.76. The zero-order chi connectivity index (χ0) is 13.8. The Balaban J connectivity index is 2.16. The van der Waals surface area contributed by atoms with Gasteiger partial charge in [0.15, 0.2) is 0 Å². The first kappa shape index (κ1) is 14.9. The van der Waals surface area contributed by atoms with E-state index in [4.69, 9.17) is 5.73 Å². The van der Waals surface area contributed by atoms with Gasteiger partial charge in [-0.1, -0.05) is 25.8 Å². The van der Waals surface area contributed by atoms with Crippen molar-refractivity contribution < 1.29 is 0 Å². The van der Waals surface area contributed by atoms with Crippen molar-refractivity contribution in [2.45, 2.75) is 45.1 Å². The van der Waals surface area contributed by atoms with Crippen molar-refractivity contribution in [2.24, 2.45) is 11.7 Å². The molecule has 0 aromatic heterocycles. The van der Waals surface area contributed by atoms with Crippen molar-refractivity contribution in [2.75, 3.05) is 18.5 Å². The fraction of sp³-hybridized carbons (Fsp3) is 0.625. The molecule has 1 aromatic carbocycles. The summed E-state index contributed by atoms with van der Waals surface area (Å²) in [5.41, 5.74) is 8.23. The zero-order valence-corrected chi connectivity index (χ0v) is 13.6. The highest BCUT2D eigenvalue weighted by Crippen LogP contribution is 2.34. The molecule has 0 spiro atoms. The van der Waals surface area contributed by atoms with Crippen molar-refractivity contribution in [3.63, 3.8) is 0 Å². The van der Waals surface area contributed by atoms with Gasteiger partial charge in [0.05, 0.1) is 5.69 Å². The summed E-state index contributed by atoms with van der Waals surface area (Å²) in [5, 5.41) is 0. The largest absolute Gasteiger partial charge is 0.370 e. The number of nitrogens with zero attached hydrogens (tertiary/aromatic N) is 1. The van der Waals surface area contributed by atoms with Gasteiger partial charge in [-0.3, -0.25) is 0 Å². The highest BCUT2D eigenvalue weighted by molar-refractivity contribution is 9.10. The van der Waals surface area contributed by atoms with Crippen LogP contribution in [0.15, 0.2) is 22.7 Å². The van der Waals surface area contributed by atoms with E-state index in [9.17, 15) is 0 Å². The van der Waals surface area contributed by atoms with E-state index in [1.54, 1.807) is 0 Å². The maximum atomic E-state index is 5.62. The van der Waals surface area contributed by atoms with Gasteiger partial charge in [-0.05, 0) is 65.4 Å². The zero-order valence-electron chi connectivity index (χ0n) is 12.0. The number of hydrogen-bond donors (Lipinski definition) is 1. The Kier molecular flexibility index (Phi) is 5.28. The highest BCUT2D eigenvalue weighted by atomic mass is 79.9. The first-order chi connectivity index (χ1) is 9.13. The first-order valence-electron chi connectivity index (χ1n) is 7.35.